The van der Waals surface area contributed by atoms with Gasteiger partial charge in [-0.15, -0.1) is 11.6 Å². The van der Waals surface area contributed by atoms with E-state index in [-0.39, 0.29) is 0 Å². The molecule has 0 unspecified atom stereocenters. The number of ether oxygens (including phenoxy) is 3. The number of halogens is 1. The molecule has 0 aromatic carbocycles. The van der Waals surface area contributed by atoms with Crippen LogP contribution in [0.3, 0.4) is 0 Å². The van der Waals surface area contributed by atoms with Crippen LogP contribution >= 0.6 is 11.6 Å². The highest BCUT2D eigenvalue weighted by molar-refractivity contribution is 6.17. The average molecular weight is 337 g/mol. The molecule has 0 atom stereocenters. The van der Waals surface area contributed by atoms with Crippen LogP contribution in [0.1, 0.15) is 71.1 Å². The molecule has 0 heterocycles. The zero-order valence-corrected chi connectivity index (χ0v) is 15.4. The summed E-state index contributed by atoms with van der Waals surface area (Å²) in [4.78, 5) is 0. The molecule has 0 fully saturated rings. The molecule has 0 aliphatic carbocycles. The van der Waals surface area contributed by atoms with E-state index in [0.717, 1.165) is 31.9 Å². The van der Waals surface area contributed by atoms with Crippen LogP contribution in [0.5, 0.6) is 0 Å². The van der Waals surface area contributed by atoms with E-state index in [4.69, 9.17) is 25.8 Å². The number of hydrogen-bond donors (Lipinski definition) is 0. The van der Waals surface area contributed by atoms with Crippen molar-refractivity contribution in [2.24, 2.45) is 0 Å². The van der Waals surface area contributed by atoms with Gasteiger partial charge in [-0.2, -0.15) is 0 Å². The fraction of sp³-hybridized carbons (Fsp3) is 1.00. The second-order valence-electron chi connectivity index (χ2n) is 5.71. The molecule has 0 aliphatic heterocycles. The summed E-state index contributed by atoms with van der Waals surface area (Å²) in [6.45, 7) is 6.68. The number of unbranched alkanes of at least 4 members (excludes halogenated alkanes) is 8. The maximum absolute atomic E-state index is 5.62. The normalized spacial score (nSPS) is 11.2. The van der Waals surface area contributed by atoms with Crippen LogP contribution in [0, 0.1) is 0 Å². The number of rotatable bonds is 19. The monoisotopic (exact) mass is 336 g/mol. The Labute approximate surface area is 143 Å². The predicted molar refractivity (Wildman–Crippen MR) is 95.0 cm³/mol. The van der Waals surface area contributed by atoms with Crippen molar-refractivity contribution >= 4 is 11.6 Å². The first kappa shape index (κ1) is 22.2. The predicted octanol–water partition coefficient (Wildman–Crippen LogP) is 5.20. The van der Waals surface area contributed by atoms with E-state index in [1.807, 2.05) is 0 Å². The van der Waals surface area contributed by atoms with Crippen LogP contribution in [0.15, 0.2) is 0 Å². The van der Waals surface area contributed by atoms with Crippen molar-refractivity contribution in [2.75, 3.05) is 45.5 Å². The van der Waals surface area contributed by atoms with E-state index in [9.17, 15) is 0 Å². The Morgan fingerprint density at radius 2 is 0.909 bits per heavy atom. The smallest absolute Gasteiger partial charge is 0.0701 e. The lowest BCUT2D eigenvalue weighted by molar-refractivity contribution is 0.0132. The van der Waals surface area contributed by atoms with E-state index in [0.29, 0.717) is 26.4 Å². The average Bonchev–Trinajstić information content (AvgIpc) is 2.54. The summed E-state index contributed by atoms with van der Waals surface area (Å²) in [6, 6.07) is 0. The largest absolute Gasteiger partial charge is 0.379 e. The lowest BCUT2D eigenvalue weighted by atomic mass is 10.1. The van der Waals surface area contributed by atoms with E-state index in [1.165, 1.54) is 51.4 Å². The van der Waals surface area contributed by atoms with Crippen LogP contribution < -0.4 is 0 Å². The summed E-state index contributed by atoms with van der Waals surface area (Å²) < 4.78 is 16.5. The molecule has 4 heteroatoms. The minimum Gasteiger partial charge on any atom is -0.379 e. The molecular weight excluding hydrogens is 300 g/mol. The maximum Gasteiger partial charge on any atom is 0.0701 e. The SMILES string of the molecule is CCCCCCCCOCCOCCOCCCCCCCl. The molecule has 0 aliphatic rings. The van der Waals surface area contributed by atoms with Crippen LogP contribution in [0.4, 0.5) is 0 Å². The summed E-state index contributed by atoms with van der Waals surface area (Å²) in [6.07, 6.45) is 12.5. The molecule has 0 saturated carbocycles. The van der Waals surface area contributed by atoms with Crippen molar-refractivity contribution in [3.63, 3.8) is 0 Å². The van der Waals surface area contributed by atoms with Gasteiger partial charge in [0.2, 0.25) is 0 Å². The van der Waals surface area contributed by atoms with Gasteiger partial charge in [0, 0.05) is 19.1 Å². The fourth-order valence-electron chi connectivity index (χ4n) is 2.18. The van der Waals surface area contributed by atoms with Crippen LogP contribution in [-0.2, 0) is 14.2 Å². The molecule has 22 heavy (non-hydrogen) atoms. The van der Waals surface area contributed by atoms with E-state index in [1.54, 1.807) is 0 Å². The summed E-state index contributed by atoms with van der Waals surface area (Å²) in [5, 5.41) is 0. The van der Waals surface area contributed by atoms with Crippen molar-refractivity contribution in [2.45, 2.75) is 71.1 Å². The number of hydrogen-bond acceptors (Lipinski definition) is 3. The Bertz CT molecular complexity index is 171. The van der Waals surface area contributed by atoms with Crippen molar-refractivity contribution in [3.05, 3.63) is 0 Å². The molecule has 134 valence electrons. The highest BCUT2D eigenvalue weighted by Gasteiger charge is 1.94. The third-order valence-electron chi connectivity index (χ3n) is 3.56. The van der Waals surface area contributed by atoms with Gasteiger partial charge in [0.25, 0.3) is 0 Å². The quantitative estimate of drug-likeness (QED) is 0.240. The zero-order chi connectivity index (χ0) is 16.1. The minimum atomic E-state index is 0.669. The van der Waals surface area contributed by atoms with Gasteiger partial charge in [-0.3, -0.25) is 0 Å². The van der Waals surface area contributed by atoms with Crippen molar-refractivity contribution < 1.29 is 14.2 Å². The lowest BCUT2D eigenvalue weighted by Crippen LogP contribution is -2.10. The van der Waals surface area contributed by atoms with Crippen LogP contribution in [-0.4, -0.2) is 45.5 Å². The summed E-state index contributed by atoms with van der Waals surface area (Å²) in [7, 11) is 0. The van der Waals surface area contributed by atoms with Gasteiger partial charge in [0.1, 0.15) is 0 Å². The highest BCUT2D eigenvalue weighted by atomic mass is 35.5. The standard InChI is InChI=1S/C18H37ClO3/c1-2-3-4-5-7-10-13-20-15-17-22-18-16-21-14-11-8-6-9-12-19/h2-18H2,1H3. The maximum atomic E-state index is 5.62. The molecule has 0 N–H and O–H groups in total. The van der Waals surface area contributed by atoms with Gasteiger partial charge in [-0.05, 0) is 19.3 Å². The molecule has 0 rings (SSSR count). The van der Waals surface area contributed by atoms with E-state index < -0.39 is 0 Å². The number of alkyl halides is 1. The third kappa shape index (κ3) is 20.2. The minimum absolute atomic E-state index is 0.669. The van der Waals surface area contributed by atoms with Gasteiger partial charge in [0.05, 0.1) is 26.4 Å². The second kappa shape index (κ2) is 21.2. The molecule has 0 aromatic rings. The Morgan fingerprint density at radius 1 is 0.500 bits per heavy atom. The second-order valence-corrected chi connectivity index (χ2v) is 6.09. The zero-order valence-electron chi connectivity index (χ0n) is 14.6. The Balaban J connectivity index is 2.91. The van der Waals surface area contributed by atoms with Gasteiger partial charge in [0.15, 0.2) is 0 Å². The Kier molecular flexibility index (Phi) is 21.3. The van der Waals surface area contributed by atoms with Gasteiger partial charge in [-0.1, -0.05) is 51.9 Å². The third-order valence-corrected chi connectivity index (χ3v) is 3.83. The van der Waals surface area contributed by atoms with E-state index in [2.05, 4.69) is 6.92 Å². The topological polar surface area (TPSA) is 27.7 Å². The molecule has 0 amide bonds. The lowest BCUT2D eigenvalue weighted by Gasteiger charge is -2.07. The molecule has 0 bridgehead atoms. The fourth-order valence-corrected chi connectivity index (χ4v) is 2.37. The molecule has 0 aromatic heterocycles. The Hall–Kier alpha value is 0.170. The summed E-state index contributed by atoms with van der Waals surface area (Å²) in [5.74, 6) is 0.773. The van der Waals surface area contributed by atoms with Gasteiger partial charge in [-0.25, -0.2) is 0 Å². The van der Waals surface area contributed by atoms with E-state index >= 15 is 0 Å². The van der Waals surface area contributed by atoms with Crippen molar-refractivity contribution in [3.8, 4) is 0 Å². The molecule has 3 nitrogen and oxygen atoms in total. The van der Waals surface area contributed by atoms with Gasteiger partial charge < -0.3 is 14.2 Å². The molecular formula is C18H37ClO3. The highest BCUT2D eigenvalue weighted by Crippen LogP contribution is 2.04. The van der Waals surface area contributed by atoms with Crippen molar-refractivity contribution in [1.29, 1.82) is 0 Å². The van der Waals surface area contributed by atoms with Crippen molar-refractivity contribution in [1.82, 2.24) is 0 Å². The first-order valence-corrected chi connectivity index (χ1v) is 9.74. The molecule has 0 radical (unpaired) electrons. The summed E-state index contributed by atoms with van der Waals surface area (Å²) >= 11 is 5.62. The summed E-state index contributed by atoms with van der Waals surface area (Å²) in [5.41, 5.74) is 0. The van der Waals surface area contributed by atoms with Gasteiger partial charge >= 0.3 is 0 Å². The molecule has 0 saturated heterocycles. The molecule has 0 spiro atoms. The first-order chi connectivity index (χ1) is 10.9. The van der Waals surface area contributed by atoms with Crippen LogP contribution in [0.25, 0.3) is 0 Å². The first-order valence-electron chi connectivity index (χ1n) is 9.21. The Morgan fingerprint density at radius 3 is 1.41 bits per heavy atom. The van der Waals surface area contributed by atoms with Crippen LogP contribution in [0.2, 0.25) is 0 Å².